The minimum Gasteiger partial charge on any atom is -0.478 e. The summed E-state index contributed by atoms with van der Waals surface area (Å²) in [5, 5.41) is 26.4. The van der Waals surface area contributed by atoms with Crippen LogP contribution in [0, 0.1) is 0 Å². The number of hydrogen-bond acceptors (Lipinski definition) is 10. The van der Waals surface area contributed by atoms with Crippen molar-refractivity contribution in [3.63, 3.8) is 0 Å². The average Bonchev–Trinajstić information content (AvgIpc) is 3.92. The molecule has 6 N–H and O–H groups in total. The Kier molecular flexibility index (Phi) is 12.2. The van der Waals surface area contributed by atoms with Crippen LogP contribution in [0.2, 0.25) is 20.1 Å². The smallest absolute Gasteiger partial charge is 0.336 e. The Morgan fingerprint density at radius 2 is 1.02 bits per heavy atom. The first-order valence-corrected chi connectivity index (χ1v) is 21.8. The molecule has 0 aliphatic rings. The van der Waals surface area contributed by atoms with Crippen LogP contribution in [0.1, 0.15) is 20.7 Å². The number of nitrogens with zero attached hydrogens (tertiary/aromatic N) is 4. The Bertz CT molecular complexity index is 3220. The molecule has 16 nitrogen and oxygen atoms in total. The number of pyridine rings is 2. The van der Waals surface area contributed by atoms with Crippen LogP contribution in [0.3, 0.4) is 0 Å². The second kappa shape index (κ2) is 17.4. The number of carboxylic acids is 1. The van der Waals surface area contributed by atoms with Crippen LogP contribution in [0.25, 0.3) is 44.6 Å². The average molecular weight is 940 g/mol. The number of amides is 1. The van der Waals surface area contributed by atoms with Crippen LogP contribution in [0.4, 0.5) is 11.4 Å². The maximum Gasteiger partial charge on any atom is 0.336 e. The number of aromatic nitrogens is 6. The molecule has 1 amide bonds. The van der Waals surface area contributed by atoms with Gasteiger partial charge in [-0.1, -0.05) is 82.8 Å². The number of halogens is 4. The Morgan fingerprint density at radius 1 is 0.607 bits per heavy atom. The number of H-pyrrole nitrogens is 2. The predicted molar refractivity (Wildman–Crippen MR) is 234 cm³/mol. The molecule has 0 spiro atoms. The lowest BCUT2D eigenvalue weighted by Crippen LogP contribution is -2.18. The van der Waals surface area contributed by atoms with E-state index in [-0.39, 0.29) is 47.0 Å². The van der Waals surface area contributed by atoms with Crippen LogP contribution in [0.5, 0.6) is 0 Å². The van der Waals surface area contributed by atoms with Crippen LogP contribution in [0.15, 0.2) is 119 Å². The van der Waals surface area contributed by atoms with Gasteiger partial charge in [0.15, 0.2) is 11.3 Å². The van der Waals surface area contributed by atoms with Gasteiger partial charge in [0.1, 0.15) is 9.79 Å². The summed E-state index contributed by atoms with van der Waals surface area (Å²) in [6.45, 7) is 0. The summed E-state index contributed by atoms with van der Waals surface area (Å²) in [5.74, 6) is -1.37. The zero-order valence-electron chi connectivity index (χ0n) is 30.9. The van der Waals surface area contributed by atoms with Crippen molar-refractivity contribution in [2.24, 2.45) is 0 Å². The molecule has 0 radical (unpaired) electrons. The van der Waals surface area contributed by atoms with Gasteiger partial charge in [-0.2, -0.15) is 10.2 Å². The fourth-order valence-corrected chi connectivity index (χ4v) is 9.52. The van der Waals surface area contributed by atoms with Crippen molar-refractivity contribution in [3.8, 4) is 22.5 Å². The molecule has 4 aromatic heterocycles. The van der Waals surface area contributed by atoms with Crippen LogP contribution >= 0.6 is 46.4 Å². The maximum atomic E-state index is 12.7. The summed E-state index contributed by atoms with van der Waals surface area (Å²) in [4.78, 5) is 32.4. The predicted octanol–water partition coefficient (Wildman–Crippen LogP) is 8.52. The minimum absolute atomic E-state index is 0.0490. The van der Waals surface area contributed by atoms with E-state index < -0.39 is 26.0 Å². The highest BCUT2D eigenvalue weighted by Gasteiger charge is 2.22. The summed E-state index contributed by atoms with van der Waals surface area (Å²) >= 11 is 23.9. The first kappa shape index (κ1) is 42.8. The van der Waals surface area contributed by atoms with E-state index in [2.05, 4.69) is 45.1 Å². The molecule has 8 aromatic rings. The van der Waals surface area contributed by atoms with Crippen LogP contribution in [-0.4, -0.2) is 71.2 Å². The van der Waals surface area contributed by atoms with Gasteiger partial charge in [-0.25, -0.2) is 31.6 Å². The van der Waals surface area contributed by atoms with Crippen molar-refractivity contribution >= 4 is 112 Å². The molecule has 0 aliphatic carbocycles. The summed E-state index contributed by atoms with van der Waals surface area (Å²) in [7, 11) is -6.35. The fraction of sp³-hybridized carbons (Fsp3) is 0.0256. The van der Waals surface area contributed by atoms with E-state index in [0.29, 0.717) is 55.8 Å². The number of aromatic carboxylic acids is 1. The largest absolute Gasteiger partial charge is 0.478 e. The first-order chi connectivity index (χ1) is 29.1. The zero-order chi connectivity index (χ0) is 43.6. The van der Waals surface area contributed by atoms with Crippen LogP contribution < -0.4 is 14.8 Å². The van der Waals surface area contributed by atoms with Gasteiger partial charge in [0, 0.05) is 29.5 Å². The molecule has 0 saturated carbocycles. The van der Waals surface area contributed by atoms with E-state index in [1.54, 1.807) is 49.5 Å². The molecule has 310 valence electrons. The summed E-state index contributed by atoms with van der Waals surface area (Å²) in [6, 6.07) is 24.7. The molecule has 61 heavy (non-hydrogen) atoms. The number of aromatic amines is 2. The quantitative estimate of drug-likeness (QED) is 0.0759. The number of anilines is 2. The van der Waals surface area contributed by atoms with Gasteiger partial charge >= 0.3 is 5.97 Å². The molecule has 0 unspecified atom stereocenters. The van der Waals surface area contributed by atoms with Gasteiger partial charge in [0.25, 0.3) is 26.0 Å². The summed E-state index contributed by atoms with van der Waals surface area (Å²) in [5.41, 5.74) is 4.12. The van der Waals surface area contributed by atoms with E-state index in [0.717, 1.165) is 0 Å². The number of hydrogen-bond donors (Lipinski definition) is 6. The summed E-state index contributed by atoms with van der Waals surface area (Å²) < 4.78 is 55.5. The topological polar surface area (TPSA) is 242 Å². The highest BCUT2D eigenvalue weighted by molar-refractivity contribution is 7.93. The second-order valence-electron chi connectivity index (χ2n) is 12.7. The van der Waals surface area contributed by atoms with Gasteiger partial charge in [0.2, 0.25) is 0 Å². The number of sulfonamides is 2. The standard InChI is InChI=1S/C20H15Cl2N5O3S.C19H12Cl2N4O4S/c1-23-20(28)13-9-16(25-19-14(13)10-24-26-19)11-5-7-12(8-6-11)27-31(29,30)17-4-2-3-15(21)18(17)22;20-14-2-1-3-16(17(14)21)30(28,29)25-11-6-4-10(5-7-11)15-8-12(19(26)27)13-9-22-24-18(13)23-15/h2-10,27H,1H3,(H,23,28)(H,24,25,26);1-9,25H,(H,26,27)(H,22,23,24). The number of fused-ring (bicyclic) bond motifs is 2. The molecule has 0 bridgehead atoms. The third-order valence-corrected chi connectivity index (χ3v) is 13.5. The van der Waals surface area contributed by atoms with Crippen molar-refractivity contribution in [1.82, 2.24) is 35.7 Å². The molecule has 0 saturated heterocycles. The van der Waals surface area contributed by atoms with Crippen molar-refractivity contribution < 1.29 is 31.5 Å². The summed E-state index contributed by atoms with van der Waals surface area (Å²) in [6.07, 6.45) is 2.93. The number of benzene rings is 4. The molecular formula is C39H27Cl4N9O7S2. The maximum absolute atomic E-state index is 12.7. The lowest BCUT2D eigenvalue weighted by molar-refractivity contribution is 0.0698. The van der Waals surface area contributed by atoms with Crippen molar-refractivity contribution in [2.45, 2.75) is 9.79 Å². The van der Waals surface area contributed by atoms with E-state index in [9.17, 15) is 31.5 Å². The molecule has 22 heteroatoms. The Labute approximate surface area is 366 Å². The Morgan fingerprint density at radius 3 is 1.43 bits per heavy atom. The van der Waals surface area contributed by atoms with Gasteiger partial charge in [-0.3, -0.25) is 24.4 Å². The normalized spacial score (nSPS) is 11.5. The number of nitrogens with one attached hydrogen (secondary N) is 5. The number of carbonyl (C=O) groups is 2. The number of carbonyl (C=O) groups excluding carboxylic acids is 1. The lowest BCUT2D eigenvalue weighted by atomic mass is 10.1. The third-order valence-electron chi connectivity index (χ3n) is 8.82. The fourth-order valence-electron chi connectivity index (χ4n) is 5.87. The van der Waals surface area contributed by atoms with Crippen molar-refractivity contribution in [3.05, 3.63) is 141 Å². The highest BCUT2D eigenvalue weighted by atomic mass is 35.5. The van der Waals surface area contributed by atoms with Crippen molar-refractivity contribution in [1.29, 1.82) is 0 Å². The van der Waals surface area contributed by atoms with Crippen molar-refractivity contribution in [2.75, 3.05) is 16.5 Å². The lowest BCUT2D eigenvalue weighted by Gasteiger charge is -2.11. The van der Waals surface area contributed by atoms with Gasteiger partial charge in [0.05, 0.1) is 65.8 Å². The van der Waals surface area contributed by atoms with Gasteiger partial charge in [-0.15, -0.1) is 0 Å². The van der Waals surface area contributed by atoms with Crippen LogP contribution in [-0.2, 0) is 20.0 Å². The van der Waals surface area contributed by atoms with E-state index in [1.807, 2.05) is 0 Å². The molecule has 0 atom stereocenters. The SMILES string of the molecule is CNC(=O)c1cc(-c2ccc(NS(=O)(=O)c3cccc(Cl)c3Cl)cc2)nc2[nH]ncc12.O=C(O)c1cc(-c2ccc(NS(=O)(=O)c3cccc(Cl)c3Cl)cc2)nc2[nH]ncc12. The molecule has 4 aromatic carbocycles. The number of rotatable bonds is 10. The molecule has 4 heterocycles. The zero-order valence-corrected chi connectivity index (χ0v) is 35.6. The molecular weight excluding hydrogens is 912 g/mol. The van der Waals surface area contributed by atoms with Gasteiger partial charge < -0.3 is 10.4 Å². The minimum atomic E-state index is -3.96. The molecule has 0 fully saturated rings. The highest BCUT2D eigenvalue weighted by Crippen LogP contribution is 2.33. The van der Waals surface area contributed by atoms with E-state index >= 15 is 0 Å². The second-order valence-corrected chi connectivity index (χ2v) is 17.6. The van der Waals surface area contributed by atoms with Gasteiger partial charge in [-0.05, 0) is 60.7 Å². The molecule has 8 rings (SSSR count). The third kappa shape index (κ3) is 9.09. The Hall–Kier alpha value is -6.28. The monoisotopic (exact) mass is 937 g/mol. The van der Waals surface area contributed by atoms with E-state index in [4.69, 9.17) is 46.4 Å². The Balaban J connectivity index is 0.000000184. The van der Waals surface area contributed by atoms with E-state index in [1.165, 1.54) is 67.0 Å². The number of carboxylic acid groups (broad SMARTS) is 1. The molecule has 0 aliphatic heterocycles. The first-order valence-electron chi connectivity index (χ1n) is 17.3.